The molecule has 4 heteroatoms. The molecular formula is C17H22N2O2. The first-order chi connectivity index (χ1) is 9.53. The summed E-state index contributed by atoms with van der Waals surface area (Å²) < 4.78 is 0. The lowest BCUT2D eigenvalue weighted by Gasteiger charge is -2.37. The minimum absolute atomic E-state index is 0.0209. The first-order valence-electron chi connectivity index (χ1n) is 7.16. The van der Waals surface area contributed by atoms with Crippen LogP contribution < -0.4 is 0 Å². The molecule has 112 valence electrons. The van der Waals surface area contributed by atoms with Crippen molar-refractivity contribution in [3.05, 3.63) is 35.2 Å². The Bertz CT molecular complexity index is 606. The molecule has 0 aromatic carbocycles. The first-order valence-corrected chi connectivity index (χ1v) is 7.16. The van der Waals surface area contributed by atoms with Gasteiger partial charge in [-0.3, -0.25) is 9.59 Å². The highest BCUT2D eigenvalue weighted by molar-refractivity contribution is 6.19. The SMILES string of the molecule is CC(C)(C)C1=CC(=O)C(=C2C=CN=N2)C(C(C)(C)C)C1=O. The van der Waals surface area contributed by atoms with Gasteiger partial charge in [-0.05, 0) is 23.0 Å². The average Bonchev–Trinajstić information content (AvgIpc) is 2.81. The van der Waals surface area contributed by atoms with Crippen LogP contribution in [0.3, 0.4) is 0 Å². The topological polar surface area (TPSA) is 58.9 Å². The zero-order valence-electron chi connectivity index (χ0n) is 13.5. The number of carbonyl (C=O) groups is 2. The number of hydrogen-bond donors (Lipinski definition) is 0. The van der Waals surface area contributed by atoms with Crippen LogP contribution in [0, 0.1) is 16.7 Å². The summed E-state index contributed by atoms with van der Waals surface area (Å²) in [4.78, 5) is 25.6. The minimum Gasteiger partial charge on any atom is -0.294 e. The summed E-state index contributed by atoms with van der Waals surface area (Å²) in [6, 6.07) is 0. The molecule has 2 aliphatic rings. The van der Waals surface area contributed by atoms with Crippen LogP contribution in [0.15, 0.2) is 45.4 Å². The van der Waals surface area contributed by atoms with Gasteiger partial charge in [-0.2, -0.15) is 10.2 Å². The molecule has 0 bridgehead atoms. The van der Waals surface area contributed by atoms with Gasteiger partial charge in [0, 0.05) is 11.1 Å². The van der Waals surface area contributed by atoms with Gasteiger partial charge in [0.1, 0.15) is 0 Å². The number of azo groups is 1. The van der Waals surface area contributed by atoms with E-state index in [-0.39, 0.29) is 22.4 Å². The Kier molecular flexibility index (Phi) is 3.60. The van der Waals surface area contributed by atoms with E-state index in [1.54, 1.807) is 12.3 Å². The van der Waals surface area contributed by atoms with E-state index >= 15 is 0 Å². The molecule has 1 aliphatic carbocycles. The van der Waals surface area contributed by atoms with Gasteiger partial charge in [0.2, 0.25) is 0 Å². The zero-order chi connectivity index (χ0) is 16.0. The molecule has 1 atom stereocenters. The van der Waals surface area contributed by atoms with Crippen LogP contribution in [0.25, 0.3) is 0 Å². The van der Waals surface area contributed by atoms with Crippen molar-refractivity contribution in [1.82, 2.24) is 0 Å². The van der Waals surface area contributed by atoms with Gasteiger partial charge in [-0.25, -0.2) is 0 Å². The molecule has 1 aliphatic heterocycles. The summed E-state index contributed by atoms with van der Waals surface area (Å²) in [6.07, 6.45) is 4.71. The fraction of sp³-hybridized carbons (Fsp3) is 0.529. The molecule has 2 rings (SSSR count). The van der Waals surface area contributed by atoms with Crippen molar-refractivity contribution in [2.24, 2.45) is 27.0 Å². The van der Waals surface area contributed by atoms with Crippen molar-refractivity contribution in [3.8, 4) is 0 Å². The standard InChI is InChI=1S/C17H22N2O2/c1-16(2,3)10-9-12(20)13(11-7-8-18-19-11)14(15(10)21)17(4,5)6/h7-9,14H,1-6H3. The fourth-order valence-electron chi connectivity index (χ4n) is 2.77. The van der Waals surface area contributed by atoms with E-state index < -0.39 is 5.92 Å². The molecule has 0 fully saturated rings. The zero-order valence-corrected chi connectivity index (χ0v) is 13.5. The summed E-state index contributed by atoms with van der Waals surface area (Å²) in [7, 11) is 0. The number of nitrogens with zero attached hydrogens (tertiary/aromatic N) is 2. The molecular weight excluding hydrogens is 264 g/mol. The van der Waals surface area contributed by atoms with E-state index in [2.05, 4.69) is 10.2 Å². The minimum atomic E-state index is -0.485. The number of allylic oxidation sites excluding steroid dienone is 4. The Balaban J connectivity index is 2.68. The lowest BCUT2D eigenvalue weighted by Crippen LogP contribution is -2.40. The normalized spacial score (nSPS) is 26.6. The predicted octanol–water partition coefficient (Wildman–Crippen LogP) is 4.01. The Morgan fingerprint density at radius 3 is 2.10 bits per heavy atom. The van der Waals surface area contributed by atoms with Gasteiger partial charge < -0.3 is 0 Å². The van der Waals surface area contributed by atoms with Gasteiger partial charge >= 0.3 is 0 Å². The fourth-order valence-corrected chi connectivity index (χ4v) is 2.77. The van der Waals surface area contributed by atoms with Crippen molar-refractivity contribution >= 4 is 11.6 Å². The number of hydrogen-bond acceptors (Lipinski definition) is 4. The molecule has 0 aromatic rings. The Morgan fingerprint density at radius 1 is 1.05 bits per heavy atom. The largest absolute Gasteiger partial charge is 0.294 e. The van der Waals surface area contributed by atoms with Crippen LogP contribution >= 0.6 is 0 Å². The Hall–Kier alpha value is -1.84. The van der Waals surface area contributed by atoms with Crippen molar-refractivity contribution in [2.45, 2.75) is 41.5 Å². The molecule has 1 heterocycles. The highest BCUT2D eigenvalue weighted by Crippen LogP contribution is 2.43. The molecule has 0 saturated heterocycles. The summed E-state index contributed by atoms with van der Waals surface area (Å²) in [5.74, 6) is -0.589. The second-order valence-electron chi connectivity index (χ2n) is 7.67. The Morgan fingerprint density at radius 2 is 1.67 bits per heavy atom. The highest BCUT2D eigenvalue weighted by Gasteiger charge is 2.45. The average molecular weight is 286 g/mol. The van der Waals surface area contributed by atoms with Gasteiger partial charge in [0.05, 0.1) is 17.8 Å². The Labute approximate surface area is 125 Å². The second-order valence-corrected chi connectivity index (χ2v) is 7.67. The lowest BCUT2D eigenvalue weighted by molar-refractivity contribution is -0.125. The summed E-state index contributed by atoms with van der Waals surface area (Å²) in [6.45, 7) is 11.8. The summed E-state index contributed by atoms with van der Waals surface area (Å²) >= 11 is 0. The monoisotopic (exact) mass is 286 g/mol. The van der Waals surface area contributed by atoms with Crippen LogP contribution in [0.4, 0.5) is 0 Å². The summed E-state index contributed by atoms with van der Waals surface area (Å²) in [5, 5.41) is 7.77. The predicted molar refractivity (Wildman–Crippen MR) is 81.5 cm³/mol. The number of carbonyl (C=O) groups excluding carboxylic acids is 2. The summed E-state index contributed by atoms with van der Waals surface area (Å²) in [5.41, 5.74) is 0.872. The molecule has 0 aromatic heterocycles. The third-order valence-electron chi connectivity index (χ3n) is 3.77. The molecule has 0 saturated carbocycles. The quantitative estimate of drug-likeness (QED) is 0.632. The van der Waals surface area contributed by atoms with Crippen LogP contribution in [0.5, 0.6) is 0 Å². The van der Waals surface area contributed by atoms with Crippen LogP contribution in [-0.4, -0.2) is 11.6 Å². The third kappa shape index (κ3) is 2.80. The number of rotatable bonds is 0. The van der Waals surface area contributed by atoms with E-state index in [0.717, 1.165) is 0 Å². The maximum Gasteiger partial charge on any atom is 0.185 e. The van der Waals surface area contributed by atoms with Crippen molar-refractivity contribution in [2.75, 3.05) is 0 Å². The second kappa shape index (κ2) is 4.86. The van der Waals surface area contributed by atoms with Crippen LogP contribution in [-0.2, 0) is 9.59 Å². The molecule has 0 amide bonds. The van der Waals surface area contributed by atoms with Crippen molar-refractivity contribution < 1.29 is 9.59 Å². The third-order valence-corrected chi connectivity index (χ3v) is 3.77. The number of ketones is 2. The van der Waals surface area contributed by atoms with Gasteiger partial charge in [0.25, 0.3) is 0 Å². The van der Waals surface area contributed by atoms with Gasteiger partial charge in [-0.1, -0.05) is 41.5 Å². The molecule has 21 heavy (non-hydrogen) atoms. The van der Waals surface area contributed by atoms with Gasteiger partial charge in [-0.15, -0.1) is 0 Å². The van der Waals surface area contributed by atoms with Crippen LogP contribution in [0.1, 0.15) is 41.5 Å². The lowest BCUT2D eigenvalue weighted by atomic mass is 9.64. The molecule has 4 nitrogen and oxygen atoms in total. The number of Topliss-reactive ketones (excluding diaryl/α,β-unsaturated/α-hetero) is 1. The van der Waals surface area contributed by atoms with Crippen molar-refractivity contribution in [3.63, 3.8) is 0 Å². The molecule has 0 radical (unpaired) electrons. The van der Waals surface area contributed by atoms with Crippen LogP contribution in [0.2, 0.25) is 0 Å². The van der Waals surface area contributed by atoms with Gasteiger partial charge in [0.15, 0.2) is 11.6 Å². The van der Waals surface area contributed by atoms with E-state index in [0.29, 0.717) is 16.8 Å². The highest BCUT2D eigenvalue weighted by atomic mass is 16.1. The van der Waals surface area contributed by atoms with E-state index in [9.17, 15) is 9.59 Å². The van der Waals surface area contributed by atoms with E-state index in [1.807, 2.05) is 41.5 Å². The molecule has 1 unspecified atom stereocenters. The first kappa shape index (κ1) is 15.5. The molecule has 0 spiro atoms. The van der Waals surface area contributed by atoms with Crippen molar-refractivity contribution in [1.29, 1.82) is 0 Å². The maximum atomic E-state index is 13.0. The van der Waals surface area contributed by atoms with E-state index in [4.69, 9.17) is 0 Å². The molecule has 0 N–H and O–H groups in total. The maximum absolute atomic E-state index is 13.0. The van der Waals surface area contributed by atoms with E-state index in [1.165, 1.54) is 6.08 Å². The smallest absolute Gasteiger partial charge is 0.185 e.